The van der Waals surface area contributed by atoms with E-state index in [2.05, 4.69) is 0 Å². The molecule has 1 N–H and O–H groups in total. The van der Waals surface area contributed by atoms with Crippen LogP contribution in [-0.2, 0) is 0 Å². The van der Waals surface area contributed by atoms with Crippen LogP contribution in [0.25, 0.3) is 0 Å². The minimum atomic E-state index is -0.612. The predicted molar refractivity (Wildman–Crippen MR) is 52.4 cm³/mol. The van der Waals surface area contributed by atoms with Gasteiger partial charge in [0, 0.05) is 6.42 Å². The Hall–Kier alpha value is -1.73. The molecule has 78 valence electrons. The summed E-state index contributed by atoms with van der Waals surface area (Å²) in [6.45, 7) is 0.229. The fourth-order valence-corrected chi connectivity index (χ4v) is 1.49. The summed E-state index contributed by atoms with van der Waals surface area (Å²) in [5.74, 6) is 1.36. The Morgan fingerprint density at radius 3 is 3.00 bits per heavy atom. The van der Waals surface area contributed by atoms with Gasteiger partial charge in [0.1, 0.15) is 0 Å². The van der Waals surface area contributed by atoms with Crippen molar-refractivity contribution >= 4 is 0 Å². The highest BCUT2D eigenvalue weighted by molar-refractivity contribution is 5.45. The molecule has 15 heavy (non-hydrogen) atoms. The van der Waals surface area contributed by atoms with Crippen molar-refractivity contribution in [3.8, 4) is 17.6 Å². The normalized spacial score (nSPS) is 14.7. The summed E-state index contributed by atoms with van der Waals surface area (Å²) < 4.78 is 10.4. The second-order valence-electron chi connectivity index (χ2n) is 3.33. The SMILES string of the molecule is N#CCC[C@@H](O)c1ccc2c(c1)OCO2. The first kappa shape index (κ1) is 9.81. The molecule has 1 heterocycles. The number of rotatable bonds is 3. The van der Waals surface area contributed by atoms with Crippen LogP contribution in [0.1, 0.15) is 24.5 Å². The van der Waals surface area contributed by atoms with Gasteiger partial charge in [-0.25, -0.2) is 0 Å². The minimum Gasteiger partial charge on any atom is -0.454 e. The Labute approximate surface area is 87.7 Å². The smallest absolute Gasteiger partial charge is 0.231 e. The van der Waals surface area contributed by atoms with Crippen LogP contribution in [0.5, 0.6) is 11.5 Å². The fourth-order valence-electron chi connectivity index (χ4n) is 1.49. The topological polar surface area (TPSA) is 62.5 Å². The molecule has 1 aromatic rings. The lowest BCUT2D eigenvalue weighted by atomic mass is 10.0. The fraction of sp³-hybridized carbons (Fsp3) is 0.364. The maximum atomic E-state index is 9.74. The Morgan fingerprint density at radius 1 is 1.40 bits per heavy atom. The molecule has 0 aliphatic carbocycles. The van der Waals surface area contributed by atoms with Crippen LogP contribution < -0.4 is 9.47 Å². The number of hydrogen-bond donors (Lipinski definition) is 1. The first-order valence-electron chi connectivity index (χ1n) is 4.76. The van der Waals surface area contributed by atoms with Gasteiger partial charge in [0.05, 0.1) is 12.2 Å². The van der Waals surface area contributed by atoms with Gasteiger partial charge in [-0.3, -0.25) is 0 Å². The molecular formula is C11H11NO3. The summed E-state index contributed by atoms with van der Waals surface area (Å²) in [5, 5.41) is 18.1. The zero-order valence-electron chi connectivity index (χ0n) is 8.14. The molecule has 0 unspecified atom stereocenters. The van der Waals surface area contributed by atoms with Crippen molar-refractivity contribution in [2.24, 2.45) is 0 Å². The predicted octanol–water partition coefficient (Wildman–Crippen LogP) is 1.75. The molecule has 0 spiro atoms. The summed E-state index contributed by atoms with van der Waals surface area (Å²) in [6, 6.07) is 7.32. The number of fused-ring (bicyclic) bond motifs is 1. The lowest BCUT2D eigenvalue weighted by molar-refractivity contribution is 0.167. The number of benzene rings is 1. The van der Waals surface area contributed by atoms with E-state index in [-0.39, 0.29) is 6.79 Å². The molecule has 1 aliphatic rings. The highest BCUT2D eigenvalue weighted by Gasteiger charge is 2.16. The van der Waals surface area contributed by atoms with Gasteiger partial charge in [0.2, 0.25) is 6.79 Å². The van der Waals surface area contributed by atoms with Crippen molar-refractivity contribution in [3.63, 3.8) is 0 Å². The van der Waals surface area contributed by atoms with Crippen molar-refractivity contribution in [2.45, 2.75) is 18.9 Å². The molecule has 1 aromatic carbocycles. The quantitative estimate of drug-likeness (QED) is 0.816. The van der Waals surface area contributed by atoms with E-state index in [4.69, 9.17) is 14.7 Å². The van der Waals surface area contributed by atoms with Crippen LogP contribution in [0.15, 0.2) is 18.2 Å². The van der Waals surface area contributed by atoms with E-state index in [1.54, 1.807) is 18.2 Å². The standard InChI is InChI=1S/C11H11NO3/c12-5-1-2-9(13)8-3-4-10-11(6-8)15-7-14-10/h3-4,6,9,13H,1-2,7H2/t9-/m1/s1. The minimum absolute atomic E-state index is 0.229. The molecule has 0 aromatic heterocycles. The summed E-state index contributed by atoms with van der Waals surface area (Å²) in [6.07, 6.45) is 0.172. The zero-order valence-corrected chi connectivity index (χ0v) is 8.14. The zero-order chi connectivity index (χ0) is 10.7. The lowest BCUT2D eigenvalue weighted by Crippen LogP contribution is -1.96. The summed E-state index contributed by atoms with van der Waals surface area (Å²) >= 11 is 0. The van der Waals surface area contributed by atoms with Gasteiger partial charge >= 0.3 is 0 Å². The number of aliphatic hydroxyl groups excluding tert-OH is 1. The summed E-state index contributed by atoms with van der Waals surface area (Å²) in [5.41, 5.74) is 0.759. The molecule has 4 nitrogen and oxygen atoms in total. The van der Waals surface area contributed by atoms with Crippen LogP contribution in [0, 0.1) is 11.3 Å². The van der Waals surface area contributed by atoms with Gasteiger partial charge < -0.3 is 14.6 Å². The number of nitriles is 1. The molecule has 0 saturated heterocycles. The van der Waals surface area contributed by atoms with E-state index in [0.717, 1.165) is 5.56 Å². The molecule has 2 rings (SSSR count). The van der Waals surface area contributed by atoms with E-state index < -0.39 is 6.10 Å². The van der Waals surface area contributed by atoms with Crippen molar-refractivity contribution in [1.29, 1.82) is 5.26 Å². The van der Waals surface area contributed by atoms with Gasteiger partial charge in [-0.05, 0) is 24.1 Å². The van der Waals surface area contributed by atoms with Gasteiger partial charge in [-0.15, -0.1) is 0 Å². The van der Waals surface area contributed by atoms with Crippen molar-refractivity contribution in [2.75, 3.05) is 6.79 Å². The number of nitrogens with zero attached hydrogens (tertiary/aromatic N) is 1. The maximum Gasteiger partial charge on any atom is 0.231 e. The second kappa shape index (κ2) is 4.20. The third kappa shape index (κ3) is 2.03. The van der Waals surface area contributed by atoms with Crippen LogP contribution in [0.4, 0.5) is 0 Å². The molecule has 1 atom stereocenters. The Balaban J connectivity index is 2.12. The van der Waals surface area contributed by atoms with E-state index in [0.29, 0.717) is 24.3 Å². The van der Waals surface area contributed by atoms with E-state index in [9.17, 15) is 5.11 Å². The van der Waals surface area contributed by atoms with E-state index in [1.807, 2.05) is 6.07 Å². The van der Waals surface area contributed by atoms with Gasteiger partial charge in [-0.1, -0.05) is 6.07 Å². The highest BCUT2D eigenvalue weighted by Crippen LogP contribution is 2.34. The molecule has 1 aliphatic heterocycles. The first-order chi connectivity index (χ1) is 7.31. The van der Waals surface area contributed by atoms with E-state index in [1.165, 1.54) is 0 Å². The average Bonchev–Trinajstić information content (AvgIpc) is 2.72. The third-order valence-corrected chi connectivity index (χ3v) is 2.31. The van der Waals surface area contributed by atoms with Gasteiger partial charge in [-0.2, -0.15) is 5.26 Å². The second-order valence-corrected chi connectivity index (χ2v) is 3.33. The van der Waals surface area contributed by atoms with Crippen molar-refractivity contribution in [3.05, 3.63) is 23.8 Å². The largest absolute Gasteiger partial charge is 0.454 e. The molecular weight excluding hydrogens is 194 g/mol. The number of aliphatic hydroxyl groups is 1. The number of hydrogen-bond acceptors (Lipinski definition) is 4. The molecule has 0 amide bonds. The Kier molecular flexibility index (Phi) is 2.75. The summed E-state index contributed by atoms with van der Waals surface area (Å²) in [4.78, 5) is 0. The van der Waals surface area contributed by atoms with Gasteiger partial charge in [0.25, 0.3) is 0 Å². The molecule has 4 heteroatoms. The summed E-state index contributed by atoms with van der Waals surface area (Å²) in [7, 11) is 0. The number of ether oxygens (including phenoxy) is 2. The molecule has 0 bridgehead atoms. The monoisotopic (exact) mass is 205 g/mol. The van der Waals surface area contributed by atoms with Gasteiger partial charge in [0.15, 0.2) is 11.5 Å². The molecule has 0 saturated carbocycles. The van der Waals surface area contributed by atoms with Crippen LogP contribution in [-0.4, -0.2) is 11.9 Å². The Bertz CT molecular complexity index is 397. The Morgan fingerprint density at radius 2 is 2.20 bits per heavy atom. The molecule has 0 fully saturated rings. The maximum absolute atomic E-state index is 9.74. The first-order valence-corrected chi connectivity index (χ1v) is 4.76. The third-order valence-electron chi connectivity index (χ3n) is 2.31. The molecule has 0 radical (unpaired) electrons. The lowest BCUT2D eigenvalue weighted by Gasteiger charge is -2.09. The van der Waals surface area contributed by atoms with Crippen molar-refractivity contribution in [1.82, 2.24) is 0 Å². The van der Waals surface area contributed by atoms with Crippen LogP contribution >= 0.6 is 0 Å². The average molecular weight is 205 g/mol. The van der Waals surface area contributed by atoms with Crippen molar-refractivity contribution < 1.29 is 14.6 Å². The highest BCUT2D eigenvalue weighted by atomic mass is 16.7. The van der Waals surface area contributed by atoms with Crippen LogP contribution in [0.2, 0.25) is 0 Å². The van der Waals surface area contributed by atoms with E-state index >= 15 is 0 Å². The van der Waals surface area contributed by atoms with Crippen LogP contribution in [0.3, 0.4) is 0 Å².